The third kappa shape index (κ3) is 5.14. The molecule has 3 aromatic heterocycles. The van der Waals surface area contributed by atoms with Crippen molar-refractivity contribution < 1.29 is 5.11 Å². The Morgan fingerprint density at radius 3 is 2.59 bits per heavy atom. The van der Waals surface area contributed by atoms with E-state index < -0.39 is 5.54 Å². The highest BCUT2D eigenvalue weighted by molar-refractivity contribution is 5.89. The van der Waals surface area contributed by atoms with Crippen LogP contribution in [-0.2, 0) is 6.54 Å². The molecule has 4 heterocycles. The number of aliphatic hydroxyl groups excluding tert-OH is 1. The maximum atomic E-state index is 9.95. The predicted octanol–water partition coefficient (Wildman–Crippen LogP) is 3.62. The van der Waals surface area contributed by atoms with Crippen LogP contribution in [0.2, 0.25) is 0 Å². The van der Waals surface area contributed by atoms with Crippen molar-refractivity contribution in [1.29, 1.82) is 0 Å². The van der Waals surface area contributed by atoms with Gasteiger partial charge in [-0.2, -0.15) is 4.98 Å². The van der Waals surface area contributed by atoms with E-state index in [9.17, 15) is 5.11 Å². The number of aliphatic hydroxyl groups is 1. The smallest absolute Gasteiger partial charge is 0.222 e. The minimum absolute atomic E-state index is 0.00800. The molecule has 1 unspecified atom stereocenters. The largest absolute Gasteiger partial charge is 0.394 e. The monoisotopic (exact) mass is 435 g/mol. The molecule has 1 aliphatic heterocycles. The molecule has 0 aliphatic carbocycles. The summed E-state index contributed by atoms with van der Waals surface area (Å²) in [5, 5.41) is 13.3. The van der Waals surface area contributed by atoms with Crippen LogP contribution in [0, 0.1) is 0 Å². The Morgan fingerprint density at radius 2 is 1.91 bits per heavy atom. The molecule has 1 saturated heterocycles. The molecular weight excluding hydrogens is 402 g/mol. The molecule has 8 nitrogen and oxygen atoms in total. The van der Waals surface area contributed by atoms with E-state index in [1.54, 1.807) is 0 Å². The van der Waals surface area contributed by atoms with Gasteiger partial charge in [0.15, 0.2) is 5.82 Å². The molecule has 0 radical (unpaired) electrons. The minimum Gasteiger partial charge on any atom is -0.394 e. The van der Waals surface area contributed by atoms with Gasteiger partial charge in [0.2, 0.25) is 5.95 Å². The first-order valence-corrected chi connectivity index (χ1v) is 11.5. The van der Waals surface area contributed by atoms with Gasteiger partial charge in [-0.25, -0.2) is 4.98 Å². The Morgan fingerprint density at radius 1 is 1.12 bits per heavy atom. The molecule has 0 aromatic carbocycles. The number of aromatic nitrogens is 4. The zero-order valence-electron chi connectivity index (χ0n) is 19.0. The van der Waals surface area contributed by atoms with Crippen molar-refractivity contribution in [3.63, 3.8) is 0 Å². The van der Waals surface area contributed by atoms with E-state index in [-0.39, 0.29) is 12.6 Å². The van der Waals surface area contributed by atoms with Gasteiger partial charge in [-0.1, -0.05) is 25.8 Å². The van der Waals surface area contributed by atoms with E-state index in [0.717, 1.165) is 55.7 Å². The van der Waals surface area contributed by atoms with Gasteiger partial charge in [0, 0.05) is 30.1 Å². The Hall–Kier alpha value is -2.84. The molecular formula is C24H33N7O. The van der Waals surface area contributed by atoms with Crippen molar-refractivity contribution in [2.75, 3.05) is 30.7 Å². The zero-order valence-corrected chi connectivity index (χ0v) is 19.0. The van der Waals surface area contributed by atoms with Crippen molar-refractivity contribution in [2.24, 2.45) is 0 Å². The highest BCUT2D eigenvalue weighted by Gasteiger charge is 2.25. The Bertz CT molecular complexity index is 1050. The van der Waals surface area contributed by atoms with Crippen molar-refractivity contribution in [2.45, 2.75) is 58.0 Å². The number of fused-ring (bicyclic) bond motifs is 1. The molecule has 1 aliphatic rings. The summed E-state index contributed by atoms with van der Waals surface area (Å²) in [7, 11) is 0. The van der Waals surface area contributed by atoms with Crippen LogP contribution < -0.4 is 11.1 Å². The van der Waals surface area contributed by atoms with Gasteiger partial charge in [-0.05, 0) is 51.4 Å². The molecule has 3 aromatic rings. The average molecular weight is 436 g/mol. The summed E-state index contributed by atoms with van der Waals surface area (Å²) < 4.78 is 0. The van der Waals surface area contributed by atoms with Gasteiger partial charge in [0.25, 0.3) is 0 Å². The van der Waals surface area contributed by atoms with Crippen LogP contribution in [0.4, 0.5) is 11.8 Å². The fraction of sp³-hybridized carbons (Fsp3) is 0.500. The highest BCUT2D eigenvalue weighted by atomic mass is 16.3. The summed E-state index contributed by atoms with van der Waals surface area (Å²) in [6.45, 7) is 7.32. The summed E-state index contributed by atoms with van der Waals surface area (Å²) in [5.74, 6) is 0.722. The Kier molecular flexibility index (Phi) is 6.81. The quantitative estimate of drug-likeness (QED) is 0.467. The van der Waals surface area contributed by atoms with E-state index in [0.29, 0.717) is 16.9 Å². The van der Waals surface area contributed by atoms with Gasteiger partial charge in [-0.3, -0.25) is 14.9 Å². The normalized spacial score (nSPS) is 16.3. The number of nitrogens with zero attached hydrogens (tertiary/aromatic N) is 5. The van der Waals surface area contributed by atoms with Gasteiger partial charge in [-0.15, -0.1) is 0 Å². The Labute approximate surface area is 189 Å². The molecule has 8 heteroatoms. The first-order valence-electron chi connectivity index (χ1n) is 11.5. The molecule has 170 valence electrons. The number of nitrogens with one attached hydrogen (secondary N) is 1. The van der Waals surface area contributed by atoms with Crippen LogP contribution in [-0.4, -0.2) is 55.2 Å². The van der Waals surface area contributed by atoms with Gasteiger partial charge in [0.05, 0.1) is 23.4 Å². The number of nitrogens with two attached hydrogens (primary N) is 1. The number of hydrogen-bond donors (Lipinski definition) is 3. The van der Waals surface area contributed by atoms with Gasteiger partial charge >= 0.3 is 0 Å². The van der Waals surface area contributed by atoms with Crippen molar-refractivity contribution in [1.82, 2.24) is 24.8 Å². The number of hydrogen-bond acceptors (Lipinski definition) is 8. The fourth-order valence-electron chi connectivity index (χ4n) is 4.17. The molecule has 0 bridgehead atoms. The third-order valence-corrected chi connectivity index (χ3v) is 6.15. The lowest BCUT2D eigenvalue weighted by molar-refractivity contribution is 0.212. The summed E-state index contributed by atoms with van der Waals surface area (Å²) in [6.07, 6.45) is 9.13. The molecule has 1 atom stereocenters. The summed E-state index contributed by atoms with van der Waals surface area (Å²) in [6, 6.07) is 6.13. The van der Waals surface area contributed by atoms with E-state index in [2.05, 4.69) is 49.2 Å². The van der Waals surface area contributed by atoms with Gasteiger partial charge in [0.1, 0.15) is 5.52 Å². The summed E-state index contributed by atoms with van der Waals surface area (Å²) in [4.78, 5) is 20.5. The molecule has 32 heavy (non-hydrogen) atoms. The van der Waals surface area contributed by atoms with Crippen LogP contribution in [0.25, 0.3) is 22.2 Å². The topological polar surface area (TPSA) is 113 Å². The second kappa shape index (κ2) is 9.75. The number of pyridine rings is 2. The average Bonchev–Trinajstić information content (AvgIpc) is 3.31. The van der Waals surface area contributed by atoms with Crippen molar-refractivity contribution >= 4 is 22.8 Å². The second-order valence-corrected chi connectivity index (χ2v) is 8.99. The van der Waals surface area contributed by atoms with E-state index in [1.807, 2.05) is 25.4 Å². The molecule has 1 fully saturated rings. The summed E-state index contributed by atoms with van der Waals surface area (Å²) in [5.41, 5.74) is 9.79. The second-order valence-electron chi connectivity index (χ2n) is 8.99. The SMILES string of the molecule is CCCCC(C)(CO)Nc1nc(N)nc2cc(-c3ccc(CN4CCCC4)nc3)cnc12. The lowest BCUT2D eigenvalue weighted by Gasteiger charge is -2.29. The molecule has 0 saturated carbocycles. The highest BCUT2D eigenvalue weighted by Crippen LogP contribution is 2.28. The molecule has 4 rings (SSSR count). The number of nitrogen functional groups attached to an aromatic ring is 1. The number of rotatable bonds is 9. The number of likely N-dealkylation sites (tertiary alicyclic amines) is 1. The predicted molar refractivity (Wildman–Crippen MR) is 128 cm³/mol. The first kappa shape index (κ1) is 22.4. The molecule has 0 spiro atoms. The van der Waals surface area contributed by atoms with Crippen LogP contribution in [0.3, 0.4) is 0 Å². The lowest BCUT2D eigenvalue weighted by Crippen LogP contribution is -2.39. The minimum atomic E-state index is -0.501. The Balaban J connectivity index is 1.59. The lowest BCUT2D eigenvalue weighted by atomic mass is 9.96. The molecule has 0 amide bonds. The van der Waals surface area contributed by atoms with Crippen LogP contribution in [0.1, 0.15) is 51.6 Å². The van der Waals surface area contributed by atoms with Crippen LogP contribution >= 0.6 is 0 Å². The van der Waals surface area contributed by atoms with Gasteiger partial charge < -0.3 is 16.2 Å². The van der Waals surface area contributed by atoms with E-state index in [1.165, 1.54) is 12.8 Å². The number of unbranched alkanes of at least 4 members (excludes halogenated alkanes) is 1. The van der Waals surface area contributed by atoms with Crippen LogP contribution in [0.5, 0.6) is 0 Å². The van der Waals surface area contributed by atoms with Crippen LogP contribution in [0.15, 0.2) is 30.6 Å². The fourth-order valence-corrected chi connectivity index (χ4v) is 4.17. The number of anilines is 2. The summed E-state index contributed by atoms with van der Waals surface area (Å²) >= 11 is 0. The standard InChI is InChI=1S/C24H33N7O/c1-3-4-9-24(2,16-32)30-22-21-20(28-23(25)29-22)12-18(14-27-21)17-7-8-19(26-13-17)15-31-10-5-6-11-31/h7-8,12-14,32H,3-6,9-11,15-16H2,1-2H3,(H3,25,28,29,30). The molecule has 4 N–H and O–H groups in total. The third-order valence-electron chi connectivity index (χ3n) is 6.15. The first-order chi connectivity index (χ1) is 15.5. The zero-order chi connectivity index (χ0) is 22.6. The van der Waals surface area contributed by atoms with E-state index in [4.69, 9.17) is 5.73 Å². The maximum absolute atomic E-state index is 9.95. The van der Waals surface area contributed by atoms with E-state index >= 15 is 0 Å². The van der Waals surface area contributed by atoms with Crippen molar-refractivity contribution in [3.8, 4) is 11.1 Å². The maximum Gasteiger partial charge on any atom is 0.222 e. The van der Waals surface area contributed by atoms with Crippen molar-refractivity contribution in [3.05, 3.63) is 36.3 Å².